The van der Waals surface area contributed by atoms with Crippen molar-refractivity contribution >= 4 is 21.9 Å². The largest absolute Gasteiger partial charge is 0.508 e. The molecular weight excluding hydrogens is 407 g/mol. The highest BCUT2D eigenvalue weighted by Gasteiger charge is 2.16. The van der Waals surface area contributed by atoms with Crippen molar-refractivity contribution in [2.75, 3.05) is 0 Å². The summed E-state index contributed by atoms with van der Waals surface area (Å²) in [6, 6.07) is 13.6. The van der Waals surface area contributed by atoms with Crippen LogP contribution in [0.2, 0.25) is 0 Å². The van der Waals surface area contributed by atoms with E-state index in [0.717, 1.165) is 45.0 Å². The first-order chi connectivity index (χ1) is 15.7. The van der Waals surface area contributed by atoms with Crippen LogP contribution in [-0.2, 0) is 0 Å². The maximum atomic E-state index is 13.9. The number of phenols is 1. The van der Waals surface area contributed by atoms with Gasteiger partial charge < -0.3 is 10.1 Å². The molecule has 5 heterocycles. The molecule has 0 aliphatic heterocycles. The fourth-order valence-electron chi connectivity index (χ4n) is 3.91. The molecule has 0 spiro atoms. The first-order valence-electron chi connectivity index (χ1n) is 9.88. The van der Waals surface area contributed by atoms with Crippen LogP contribution in [0.3, 0.4) is 0 Å². The van der Waals surface area contributed by atoms with Crippen LogP contribution in [0, 0.1) is 5.82 Å². The summed E-state index contributed by atoms with van der Waals surface area (Å²) in [5.41, 5.74) is 6.73. The molecule has 8 heteroatoms. The van der Waals surface area contributed by atoms with Gasteiger partial charge in [-0.15, -0.1) is 0 Å². The lowest BCUT2D eigenvalue weighted by Gasteiger charge is -2.04. The van der Waals surface area contributed by atoms with Gasteiger partial charge >= 0.3 is 0 Å². The fourth-order valence-corrected chi connectivity index (χ4v) is 3.91. The van der Waals surface area contributed by atoms with Crippen molar-refractivity contribution in [2.24, 2.45) is 0 Å². The average molecular weight is 422 g/mol. The van der Waals surface area contributed by atoms with E-state index in [1.165, 1.54) is 12.1 Å². The van der Waals surface area contributed by atoms with Crippen LogP contribution in [0.1, 0.15) is 0 Å². The van der Waals surface area contributed by atoms with Gasteiger partial charge in [0.25, 0.3) is 0 Å². The number of rotatable bonds is 3. The number of pyridine rings is 3. The smallest absolute Gasteiger partial charge is 0.135 e. The molecule has 0 aliphatic rings. The van der Waals surface area contributed by atoms with Gasteiger partial charge in [0.2, 0.25) is 0 Å². The highest BCUT2D eigenvalue weighted by molar-refractivity contribution is 6.00. The third-order valence-corrected chi connectivity index (χ3v) is 5.38. The molecule has 0 amide bonds. The Morgan fingerprint density at radius 1 is 0.844 bits per heavy atom. The Kier molecular flexibility index (Phi) is 3.97. The van der Waals surface area contributed by atoms with Crippen LogP contribution in [0.5, 0.6) is 5.75 Å². The molecular formula is C24H15FN6O. The summed E-state index contributed by atoms with van der Waals surface area (Å²) in [4.78, 5) is 16.5. The molecule has 0 radical (unpaired) electrons. The molecule has 0 saturated heterocycles. The highest BCUT2D eigenvalue weighted by atomic mass is 19.1. The molecule has 154 valence electrons. The molecule has 0 saturated carbocycles. The third kappa shape index (κ3) is 2.97. The number of aromatic nitrogens is 6. The number of aromatic amines is 2. The second-order valence-corrected chi connectivity index (χ2v) is 7.43. The number of H-pyrrole nitrogens is 2. The standard InChI is InChI=1S/C24H15FN6O/c25-15-7-14(8-16(32)9-15)18-11-27-12-22-17(18)10-21(28-22)24-23-20(30-31-24)2-1-19(29-23)13-3-5-26-6-4-13/h1-12,28,32H,(H,30,31). The van der Waals surface area contributed by atoms with Crippen molar-refractivity contribution in [1.29, 1.82) is 0 Å². The van der Waals surface area contributed by atoms with Crippen LogP contribution >= 0.6 is 0 Å². The summed E-state index contributed by atoms with van der Waals surface area (Å²) < 4.78 is 13.9. The van der Waals surface area contributed by atoms with Crippen molar-refractivity contribution in [3.8, 4) is 39.5 Å². The van der Waals surface area contributed by atoms with E-state index in [1.54, 1.807) is 24.8 Å². The lowest BCUT2D eigenvalue weighted by molar-refractivity contribution is 0.469. The van der Waals surface area contributed by atoms with Gasteiger partial charge in [-0.3, -0.25) is 15.1 Å². The summed E-state index contributed by atoms with van der Waals surface area (Å²) in [6.07, 6.45) is 6.81. The molecule has 6 rings (SSSR count). The SMILES string of the molecule is Oc1cc(F)cc(-c2cncc3[nH]c(-c4n[nH]c5ccc(-c6ccncc6)nc45)cc23)c1. The van der Waals surface area contributed by atoms with E-state index in [1.807, 2.05) is 30.3 Å². The lowest BCUT2D eigenvalue weighted by Crippen LogP contribution is -1.86. The molecule has 0 atom stereocenters. The van der Waals surface area contributed by atoms with E-state index >= 15 is 0 Å². The highest BCUT2D eigenvalue weighted by Crippen LogP contribution is 2.34. The minimum absolute atomic E-state index is 0.140. The van der Waals surface area contributed by atoms with E-state index in [9.17, 15) is 9.50 Å². The number of hydrogen-bond donors (Lipinski definition) is 3. The maximum absolute atomic E-state index is 13.9. The summed E-state index contributed by atoms with van der Waals surface area (Å²) in [5, 5.41) is 18.2. The molecule has 6 aromatic rings. The number of nitrogens with zero attached hydrogens (tertiary/aromatic N) is 4. The van der Waals surface area contributed by atoms with Crippen LogP contribution in [0.15, 0.2) is 73.3 Å². The Hall–Kier alpha value is -4.59. The second-order valence-electron chi connectivity index (χ2n) is 7.43. The Labute approximate surface area is 180 Å². The molecule has 5 aromatic heterocycles. The van der Waals surface area contributed by atoms with Crippen LogP contribution in [0.25, 0.3) is 55.7 Å². The predicted molar refractivity (Wildman–Crippen MR) is 119 cm³/mol. The molecule has 7 nitrogen and oxygen atoms in total. The quantitative estimate of drug-likeness (QED) is 0.369. The Morgan fingerprint density at radius 2 is 1.72 bits per heavy atom. The van der Waals surface area contributed by atoms with Gasteiger partial charge in [0.15, 0.2) is 0 Å². The number of nitrogens with one attached hydrogen (secondary N) is 2. The number of fused-ring (bicyclic) bond motifs is 2. The Morgan fingerprint density at radius 3 is 2.56 bits per heavy atom. The monoisotopic (exact) mass is 422 g/mol. The van der Waals surface area contributed by atoms with Crippen molar-refractivity contribution in [3.63, 3.8) is 0 Å². The van der Waals surface area contributed by atoms with E-state index in [-0.39, 0.29) is 5.75 Å². The summed E-state index contributed by atoms with van der Waals surface area (Å²) >= 11 is 0. The van der Waals surface area contributed by atoms with Crippen LogP contribution in [0.4, 0.5) is 4.39 Å². The van der Waals surface area contributed by atoms with E-state index < -0.39 is 5.82 Å². The number of phenolic OH excluding ortho intramolecular Hbond substituents is 1. The van der Waals surface area contributed by atoms with Gasteiger partial charge in [0.1, 0.15) is 22.8 Å². The maximum Gasteiger partial charge on any atom is 0.135 e. The van der Waals surface area contributed by atoms with E-state index in [0.29, 0.717) is 16.8 Å². The molecule has 3 N–H and O–H groups in total. The van der Waals surface area contributed by atoms with Crippen molar-refractivity contribution < 1.29 is 9.50 Å². The van der Waals surface area contributed by atoms with Gasteiger partial charge in [-0.05, 0) is 48.0 Å². The molecule has 1 aromatic carbocycles. The zero-order valence-corrected chi connectivity index (χ0v) is 16.5. The fraction of sp³-hybridized carbons (Fsp3) is 0. The van der Waals surface area contributed by atoms with Gasteiger partial charge in [-0.2, -0.15) is 5.10 Å². The molecule has 32 heavy (non-hydrogen) atoms. The Balaban J connectivity index is 1.52. The second kappa shape index (κ2) is 6.98. The average Bonchev–Trinajstić information content (AvgIpc) is 3.42. The topological polar surface area (TPSA) is 103 Å². The number of halogens is 1. The summed E-state index contributed by atoms with van der Waals surface area (Å²) in [7, 11) is 0. The van der Waals surface area contributed by atoms with E-state index in [2.05, 4.69) is 25.1 Å². The van der Waals surface area contributed by atoms with Crippen LogP contribution < -0.4 is 0 Å². The van der Waals surface area contributed by atoms with Crippen molar-refractivity contribution in [1.82, 2.24) is 30.1 Å². The zero-order valence-electron chi connectivity index (χ0n) is 16.5. The molecule has 0 unspecified atom stereocenters. The van der Waals surface area contributed by atoms with Crippen molar-refractivity contribution in [3.05, 3.63) is 79.1 Å². The first kappa shape index (κ1) is 18.2. The van der Waals surface area contributed by atoms with E-state index in [4.69, 9.17) is 4.98 Å². The van der Waals surface area contributed by atoms with Gasteiger partial charge in [-0.25, -0.2) is 9.37 Å². The molecule has 0 bridgehead atoms. The normalized spacial score (nSPS) is 11.4. The number of hydrogen-bond acceptors (Lipinski definition) is 5. The molecule has 0 fully saturated rings. The zero-order chi connectivity index (χ0) is 21.7. The minimum atomic E-state index is -0.515. The Bertz CT molecular complexity index is 1590. The summed E-state index contributed by atoms with van der Waals surface area (Å²) in [6.45, 7) is 0. The first-order valence-corrected chi connectivity index (χ1v) is 9.88. The van der Waals surface area contributed by atoms with Crippen molar-refractivity contribution in [2.45, 2.75) is 0 Å². The number of aromatic hydroxyl groups is 1. The minimum Gasteiger partial charge on any atom is -0.508 e. The van der Waals surface area contributed by atoms with Gasteiger partial charge in [0.05, 0.1) is 28.6 Å². The predicted octanol–water partition coefficient (Wildman–Crippen LogP) is 5.07. The third-order valence-electron chi connectivity index (χ3n) is 5.38. The van der Waals surface area contributed by atoms with Gasteiger partial charge in [0, 0.05) is 41.2 Å². The molecule has 0 aliphatic carbocycles. The van der Waals surface area contributed by atoms with Crippen LogP contribution in [-0.4, -0.2) is 35.2 Å². The lowest BCUT2D eigenvalue weighted by atomic mass is 10.0. The summed E-state index contributed by atoms with van der Waals surface area (Å²) in [5.74, 6) is -0.655. The number of benzene rings is 1. The van der Waals surface area contributed by atoms with Gasteiger partial charge in [-0.1, -0.05) is 0 Å².